The highest BCUT2D eigenvalue weighted by Gasteiger charge is 1.99. The van der Waals surface area contributed by atoms with Crippen molar-refractivity contribution in [1.29, 1.82) is 0 Å². The molecule has 0 aliphatic carbocycles. The molecule has 1 heterocycles. The van der Waals surface area contributed by atoms with E-state index in [1.54, 1.807) is 12.1 Å². The summed E-state index contributed by atoms with van der Waals surface area (Å²) in [6.45, 7) is 1.34. The van der Waals surface area contributed by atoms with Crippen LogP contribution in [0.1, 0.15) is 6.92 Å². The highest BCUT2D eigenvalue weighted by atomic mass is 16.5. The second-order valence-corrected chi connectivity index (χ2v) is 2.13. The summed E-state index contributed by atoms with van der Waals surface area (Å²) in [7, 11) is 1.50. The maximum atomic E-state index is 10.5. The number of pyridine rings is 1. The monoisotopic (exact) mass is 167 g/mol. The maximum Gasteiger partial charge on any atom is 0.308 e. The average Bonchev–Trinajstić information content (AvgIpc) is 2.03. The molecule has 0 saturated carbocycles. The first-order valence-electron chi connectivity index (χ1n) is 3.41. The van der Waals surface area contributed by atoms with Gasteiger partial charge in [0.25, 0.3) is 0 Å². The number of ether oxygens (including phenoxy) is 2. The van der Waals surface area contributed by atoms with Crippen LogP contribution in [0, 0.1) is 0 Å². The molecule has 0 bridgehead atoms. The summed E-state index contributed by atoms with van der Waals surface area (Å²) in [5.41, 5.74) is 0. The molecule has 4 heteroatoms. The number of carbonyl (C=O) groups is 1. The van der Waals surface area contributed by atoms with E-state index in [1.165, 1.54) is 20.2 Å². The van der Waals surface area contributed by atoms with E-state index in [0.29, 0.717) is 11.6 Å². The lowest BCUT2D eigenvalue weighted by molar-refractivity contribution is -0.131. The number of hydrogen-bond acceptors (Lipinski definition) is 4. The minimum Gasteiger partial charge on any atom is -0.481 e. The van der Waals surface area contributed by atoms with E-state index < -0.39 is 0 Å². The Morgan fingerprint density at radius 3 is 2.92 bits per heavy atom. The van der Waals surface area contributed by atoms with Gasteiger partial charge in [-0.15, -0.1) is 0 Å². The van der Waals surface area contributed by atoms with Crippen LogP contribution in [-0.2, 0) is 4.79 Å². The Labute approximate surface area is 70.1 Å². The van der Waals surface area contributed by atoms with Gasteiger partial charge in [0, 0.05) is 19.2 Å². The molecule has 0 aromatic carbocycles. The van der Waals surface area contributed by atoms with E-state index in [4.69, 9.17) is 9.47 Å². The highest BCUT2D eigenvalue weighted by Crippen LogP contribution is 2.15. The molecule has 12 heavy (non-hydrogen) atoms. The topological polar surface area (TPSA) is 48.4 Å². The lowest BCUT2D eigenvalue weighted by Gasteiger charge is -2.01. The van der Waals surface area contributed by atoms with Gasteiger partial charge in [0.1, 0.15) is 5.75 Å². The van der Waals surface area contributed by atoms with Crippen molar-refractivity contribution in [1.82, 2.24) is 4.98 Å². The third-order valence-electron chi connectivity index (χ3n) is 1.18. The smallest absolute Gasteiger partial charge is 0.308 e. The number of aromatic nitrogens is 1. The predicted octanol–water partition coefficient (Wildman–Crippen LogP) is 1.02. The van der Waals surface area contributed by atoms with Crippen LogP contribution in [-0.4, -0.2) is 18.1 Å². The van der Waals surface area contributed by atoms with Crippen LogP contribution in [0.4, 0.5) is 0 Å². The number of hydrogen-bond donors (Lipinski definition) is 0. The molecule has 0 unspecified atom stereocenters. The SMILES string of the molecule is COc1cc(OC(C)=O)ccn1. The fourth-order valence-corrected chi connectivity index (χ4v) is 0.732. The molecule has 0 aliphatic heterocycles. The van der Waals surface area contributed by atoms with Gasteiger partial charge in [-0.25, -0.2) is 4.98 Å². The van der Waals surface area contributed by atoms with Gasteiger partial charge < -0.3 is 9.47 Å². The zero-order valence-electron chi connectivity index (χ0n) is 6.90. The van der Waals surface area contributed by atoms with Crippen molar-refractivity contribution in [3.05, 3.63) is 18.3 Å². The molecule has 0 aliphatic rings. The molecule has 0 saturated heterocycles. The van der Waals surface area contributed by atoms with Crippen LogP contribution in [0.15, 0.2) is 18.3 Å². The zero-order chi connectivity index (χ0) is 8.97. The van der Waals surface area contributed by atoms with Gasteiger partial charge in [-0.05, 0) is 6.07 Å². The molecule has 1 aromatic heterocycles. The van der Waals surface area contributed by atoms with Crippen molar-refractivity contribution in [3.8, 4) is 11.6 Å². The first-order chi connectivity index (χ1) is 5.72. The second-order valence-electron chi connectivity index (χ2n) is 2.13. The van der Waals surface area contributed by atoms with Gasteiger partial charge in [-0.2, -0.15) is 0 Å². The molecule has 4 nitrogen and oxygen atoms in total. The summed E-state index contributed by atoms with van der Waals surface area (Å²) in [5, 5.41) is 0. The minimum atomic E-state index is -0.358. The molecular weight excluding hydrogens is 158 g/mol. The van der Waals surface area contributed by atoms with Crippen LogP contribution in [0.5, 0.6) is 11.6 Å². The van der Waals surface area contributed by atoms with Crippen molar-refractivity contribution in [2.75, 3.05) is 7.11 Å². The lowest BCUT2D eigenvalue weighted by Crippen LogP contribution is -2.01. The molecule has 64 valence electrons. The molecule has 0 atom stereocenters. The quantitative estimate of drug-likeness (QED) is 0.617. The van der Waals surface area contributed by atoms with E-state index in [2.05, 4.69) is 4.98 Å². The number of esters is 1. The normalized spacial score (nSPS) is 9.17. The second kappa shape index (κ2) is 3.71. The Bertz CT molecular complexity index is 285. The third-order valence-corrected chi connectivity index (χ3v) is 1.18. The van der Waals surface area contributed by atoms with Gasteiger partial charge in [0.15, 0.2) is 0 Å². The van der Waals surface area contributed by atoms with Crippen LogP contribution in [0.25, 0.3) is 0 Å². The molecule has 0 spiro atoms. The van der Waals surface area contributed by atoms with Crippen molar-refractivity contribution in [3.63, 3.8) is 0 Å². The molecule has 0 radical (unpaired) electrons. The number of rotatable bonds is 2. The van der Waals surface area contributed by atoms with E-state index in [9.17, 15) is 4.79 Å². The first kappa shape index (κ1) is 8.52. The fraction of sp³-hybridized carbons (Fsp3) is 0.250. The summed E-state index contributed by atoms with van der Waals surface area (Å²) in [5.74, 6) is 0.506. The van der Waals surface area contributed by atoms with Gasteiger partial charge in [0.05, 0.1) is 7.11 Å². The van der Waals surface area contributed by atoms with Crippen molar-refractivity contribution in [2.24, 2.45) is 0 Å². The van der Waals surface area contributed by atoms with Crippen LogP contribution in [0.2, 0.25) is 0 Å². The maximum absolute atomic E-state index is 10.5. The van der Waals surface area contributed by atoms with Gasteiger partial charge >= 0.3 is 5.97 Å². The third kappa shape index (κ3) is 2.23. The molecule has 1 aromatic rings. The molecule has 0 fully saturated rings. The van der Waals surface area contributed by atoms with Crippen LogP contribution < -0.4 is 9.47 Å². The lowest BCUT2D eigenvalue weighted by atomic mass is 10.4. The molecule has 0 N–H and O–H groups in total. The fourth-order valence-electron chi connectivity index (χ4n) is 0.732. The Morgan fingerprint density at radius 2 is 2.33 bits per heavy atom. The van der Waals surface area contributed by atoms with Crippen molar-refractivity contribution in [2.45, 2.75) is 6.92 Å². The summed E-state index contributed by atoms with van der Waals surface area (Å²) >= 11 is 0. The van der Waals surface area contributed by atoms with E-state index in [0.717, 1.165) is 0 Å². The summed E-state index contributed by atoms with van der Waals surface area (Å²) in [4.78, 5) is 14.4. The van der Waals surface area contributed by atoms with Gasteiger partial charge in [-0.3, -0.25) is 4.79 Å². The molecule has 1 rings (SSSR count). The summed E-state index contributed by atoms with van der Waals surface area (Å²) in [6.07, 6.45) is 1.51. The zero-order valence-corrected chi connectivity index (χ0v) is 6.90. The summed E-state index contributed by atoms with van der Waals surface area (Å²) < 4.78 is 9.63. The summed E-state index contributed by atoms with van der Waals surface area (Å²) in [6, 6.07) is 3.13. The Hall–Kier alpha value is -1.58. The van der Waals surface area contributed by atoms with Crippen molar-refractivity contribution >= 4 is 5.97 Å². The number of carbonyl (C=O) groups excluding carboxylic acids is 1. The van der Waals surface area contributed by atoms with E-state index in [-0.39, 0.29) is 5.97 Å². The van der Waals surface area contributed by atoms with Crippen LogP contribution >= 0.6 is 0 Å². The Balaban J connectivity index is 2.79. The molecular formula is C8H9NO3. The Morgan fingerprint density at radius 1 is 1.58 bits per heavy atom. The van der Waals surface area contributed by atoms with E-state index in [1.807, 2.05) is 0 Å². The van der Waals surface area contributed by atoms with Crippen LogP contribution in [0.3, 0.4) is 0 Å². The first-order valence-corrected chi connectivity index (χ1v) is 3.41. The number of nitrogens with zero attached hydrogens (tertiary/aromatic N) is 1. The van der Waals surface area contributed by atoms with Crippen molar-refractivity contribution < 1.29 is 14.3 Å². The highest BCUT2D eigenvalue weighted by molar-refractivity contribution is 5.69. The average molecular weight is 167 g/mol. The molecule has 0 amide bonds. The predicted molar refractivity (Wildman–Crippen MR) is 42.1 cm³/mol. The Kier molecular flexibility index (Phi) is 2.63. The van der Waals surface area contributed by atoms with Gasteiger partial charge in [0.2, 0.25) is 5.88 Å². The van der Waals surface area contributed by atoms with Gasteiger partial charge in [-0.1, -0.05) is 0 Å². The largest absolute Gasteiger partial charge is 0.481 e. The number of methoxy groups -OCH3 is 1. The minimum absolute atomic E-state index is 0.358. The standard InChI is InChI=1S/C8H9NO3/c1-6(10)12-7-3-4-9-8(5-7)11-2/h3-5H,1-2H3. The van der Waals surface area contributed by atoms with E-state index >= 15 is 0 Å².